The molecule has 0 radical (unpaired) electrons. The highest BCUT2D eigenvalue weighted by molar-refractivity contribution is 5.76. The average Bonchev–Trinajstić information content (AvgIpc) is 2.55. The summed E-state index contributed by atoms with van der Waals surface area (Å²) >= 11 is 0. The van der Waals surface area contributed by atoms with E-state index in [-0.39, 0.29) is 5.91 Å². The van der Waals surface area contributed by atoms with E-state index in [1.807, 2.05) is 24.3 Å². The second-order valence-corrected chi connectivity index (χ2v) is 5.51. The van der Waals surface area contributed by atoms with Gasteiger partial charge in [-0.05, 0) is 48.1 Å². The number of anilines is 1. The lowest BCUT2D eigenvalue weighted by molar-refractivity contribution is -0.121. The molecule has 0 aliphatic rings. The molecule has 0 spiro atoms. The molecule has 2 aromatic rings. The molecule has 116 valence electrons. The minimum absolute atomic E-state index is 0.106. The number of nitrogens with two attached hydrogens (primary N) is 1. The molecule has 3 nitrogen and oxygen atoms in total. The summed E-state index contributed by atoms with van der Waals surface area (Å²) in [7, 11) is 0. The molecule has 0 heterocycles. The fraction of sp³-hybridized carbons (Fsp3) is 0.316. The molecule has 0 atom stereocenters. The third-order valence-electron chi connectivity index (χ3n) is 3.79. The highest BCUT2D eigenvalue weighted by Crippen LogP contribution is 2.08. The fourth-order valence-electron chi connectivity index (χ4n) is 2.32. The van der Waals surface area contributed by atoms with Crippen LogP contribution < -0.4 is 11.1 Å². The molecule has 0 aromatic heterocycles. The summed E-state index contributed by atoms with van der Waals surface area (Å²) in [5.74, 6) is 0.106. The number of hydrogen-bond donors (Lipinski definition) is 2. The first kappa shape index (κ1) is 16.1. The van der Waals surface area contributed by atoms with Gasteiger partial charge in [-0.25, -0.2) is 0 Å². The van der Waals surface area contributed by atoms with Gasteiger partial charge in [0.25, 0.3) is 0 Å². The van der Waals surface area contributed by atoms with Gasteiger partial charge in [-0.1, -0.05) is 43.3 Å². The van der Waals surface area contributed by atoms with Gasteiger partial charge in [0.15, 0.2) is 0 Å². The van der Waals surface area contributed by atoms with Crippen LogP contribution in [-0.2, 0) is 24.1 Å². The zero-order valence-corrected chi connectivity index (χ0v) is 13.1. The van der Waals surface area contributed by atoms with Gasteiger partial charge in [-0.15, -0.1) is 0 Å². The second-order valence-electron chi connectivity index (χ2n) is 5.51. The summed E-state index contributed by atoms with van der Waals surface area (Å²) in [6.07, 6.45) is 3.20. The smallest absolute Gasteiger partial charge is 0.220 e. The maximum atomic E-state index is 11.9. The predicted molar refractivity (Wildman–Crippen MR) is 91.7 cm³/mol. The van der Waals surface area contributed by atoms with Crippen molar-refractivity contribution in [1.29, 1.82) is 0 Å². The van der Waals surface area contributed by atoms with Gasteiger partial charge in [0.1, 0.15) is 0 Å². The standard InChI is InChI=1S/C19H24N2O/c1-2-15-3-5-16(6-4-15)9-12-19(22)21-14-13-17-7-10-18(20)11-8-17/h3-8,10-11H,2,9,12-14,20H2,1H3,(H,21,22). The van der Waals surface area contributed by atoms with Crippen LogP contribution >= 0.6 is 0 Å². The Hall–Kier alpha value is -2.29. The summed E-state index contributed by atoms with van der Waals surface area (Å²) in [6, 6.07) is 16.3. The fourth-order valence-corrected chi connectivity index (χ4v) is 2.32. The lowest BCUT2D eigenvalue weighted by atomic mass is 10.1. The number of carbonyl (C=O) groups excluding carboxylic acids is 1. The molecule has 0 fully saturated rings. The van der Waals surface area contributed by atoms with Crippen molar-refractivity contribution < 1.29 is 4.79 Å². The Kier molecular flexibility index (Phi) is 6.01. The third-order valence-corrected chi connectivity index (χ3v) is 3.79. The second kappa shape index (κ2) is 8.23. The molecule has 0 saturated carbocycles. The molecule has 22 heavy (non-hydrogen) atoms. The topological polar surface area (TPSA) is 55.1 Å². The SMILES string of the molecule is CCc1ccc(CCC(=O)NCCc2ccc(N)cc2)cc1. The molecule has 2 aromatic carbocycles. The average molecular weight is 296 g/mol. The van der Waals surface area contributed by atoms with Gasteiger partial charge in [-0.2, -0.15) is 0 Å². The number of rotatable bonds is 7. The third kappa shape index (κ3) is 5.24. The Morgan fingerprint density at radius 2 is 1.45 bits per heavy atom. The van der Waals surface area contributed by atoms with Crippen LogP contribution in [0.25, 0.3) is 0 Å². The summed E-state index contributed by atoms with van der Waals surface area (Å²) in [6.45, 7) is 2.81. The number of amides is 1. The highest BCUT2D eigenvalue weighted by atomic mass is 16.1. The van der Waals surface area contributed by atoms with Gasteiger partial charge >= 0.3 is 0 Å². The van der Waals surface area contributed by atoms with Crippen LogP contribution in [0.15, 0.2) is 48.5 Å². The minimum Gasteiger partial charge on any atom is -0.399 e. The molecule has 0 unspecified atom stereocenters. The van der Waals surface area contributed by atoms with Crippen LogP contribution in [0, 0.1) is 0 Å². The zero-order chi connectivity index (χ0) is 15.8. The molecule has 0 aliphatic heterocycles. The van der Waals surface area contributed by atoms with Crippen molar-refractivity contribution in [3.05, 3.63) is 65.2 Å². The zero-order valence-electron chi connectivity index (χ0n) is 13.1. The van der Waals surface area contributed by atoms with Crippen molar-refractivity contribution in [2.24, 2.45) is 0 Å². The Bertz CT molecular complexity index is 588. The molecule has 3 N–H and O–H groups in total. The molecule has 1 amide bonds. The van der Waals surface area contributed by atoms with Gasteiger partial charge < -0.3 is 11.1 Å². The first-order valence-corrected chi connectivity index (χ1v) is 7.86. The van der Waals surface area contributed by atoms with Crippen molar-refractivity contribution in [2.45, 2.75) is 32.6 Å². The molecule has 3 heteroatoms. The van der Waals surface area contributed by atoms with Gasteiger partial charge in [-0.3, -0.25) is 4.79 Å². The molecule has 0 saturated heterocycles. The number of hydrogen-bond acceptors (Lipinski definition) is 2. The van der Waals surface area contributed by atoms with Crippen molar-refractivity contribution in [1.82, 2.24) is 5.32 Å². The number of nitrogens with one attached hydrogen (secondary N) is 1. The van der Waals surface area contributed by atoms with Crippen LogP contribution in [0.2, 0.25) is 0 Å². The van der Waals surface area contributed by atoms with Crippen molar-refractivity contribution in [2.75, 3.05) is 12.3 Å². The molecule has 0 bridgehead atoms. The number of benzene rings is 2. The van der Waals surface area contributed by atoms with Crippen molar-refractivity contribution >= 4 is 11.6 Å². The lowest BCUT2D eigenvalue weighted by Gasteiger charge is -2.06. The van der Waals surface area contributed by atoms with E-state index < -0.39 is 0 Å². The number of aryl methyl sites for hydroxylation is 2. The van der Waals surface area contributed by atoms with Gasteiger partial charge in [0.05, 0.1) is 0 Å². The van der Waals surface area contributed by atoms with E-state index in [0.29, 0.717) is 13.0 Å². The first-order valence-electron chi connectivity index (χ1n) is 7.86. The van der Waals surface area contributed by atoms with E-state index in [1.165, 1.54) is 16.7 Å². The quantitative estimate of drug-likeness (QED) is 0.771. The Morgan fingerprint density at radius 1 is 0.909 bits per heavy atom. The van der Waals surface area contributed by atoms with Crippen molar-refractivity contribution in [3.8, 4) is 0 Å². The van der Waals surface area contributed by atoms with E-state index in [9.17, 15) is 4.79 Å². The van der Waals surface area contributed by atoms with Crippen LogP contribution in [-0.4, -0.2) is 12.5 Å². The normalized spacial score (nSPS) is 10.4. The Labute approximate surface area is 132 Å². The van der Waals surface area contributed by atoms with E-state index in [2.05, 4.69) is 36.5 Å². The predicted octanol–water partition coefficient (Wildman–Crippen LogP) is 3.12. The molecular formula is C19H24N2O. The van der Waals surface area contributed by atoms with Gasteiger partial charge in [0.2, 0.25) is 5.91 Å². The highest BCUT2D eigenvalue weighted by Gasteiger charge is 2.02. The van der Waals surface area contributed by atoms with E-state index >= 15 is 0 Å². The van der Waals surface area contributed by atoms with E-state index in [1.54, 1.807) is 0 Å². The van der Waals surface area contributed by atoms with Gasteiger partial charge in [0, 0.05) is 18.7 Å². The minimum atomic E-state index is 0.106. The Balaban J connectivity index is 1.68. The summed E-state index contributed by atoms with van der Waals surface area (Å²) in [4.78, 5) is 11.9. The largest absolute Gasteiger partial charge is 0.399 e. The maximum Gasteiger partial charge on any atom is 0.220 e. The summed E-state index contributed by atoms with van der Waals surface area (Å²) < 4.78 is 0. The summed E-state index contributed by atoms with van der Waals surface area (Å²) in [5.41, 5.74) is 10.1. The molecular weight excluding hydrogens is 272 g/mol. The van der Waals surface area contributed by atoms with Crippen LogP contribution in [0.1, 0.15) is 30.0 Å². The van der Waals surface area contributed by atoms with Crippen LogP contribution in [0.5, 0.6) is 0 Å². The van der Waals surface area contributed by atoms with Crippen molar-refractivity contribution in [3.63, 3.8) is 0 Å². The number of carbonyl (C=O) groups is 1. The van der Waals surface area contributed by atoms with E-state index in [4.69, 9.17) is 5.73 Å². The van der Waals surface area contributed by atoms with Crippen LogP contribution in [0.4, 0.5) is 5.69 Å². The van der Waals surface area contributed by atoms with E-state index in [0.717, 1.165) is 24.9 Å². The molecule has 2 rings (SSSR count). The first-order chi connectivity index (χ1) is 10.7. The number of nitrogen functional groups attached to an aromatic ring is 1. The lowest BCUT2D eigenvalue weighted by Crippen LogP contribution is -2.25. The maximum absolute atomic E-state index is 11.9. The summed E-state index contributed by atoms with van der Waals surface area (Å²) in [5, 5.41) is 2.97. The molecule has 0 aliphatic carbocycles. The Morgan fingerprint density at radius 3 is 2.09 bits per heavy atom. The monoisotopic (exact) mass is 296 g/mol. The van der Waals surface area contributed by atoms with Crippen LogP contribution in [0.3, 0.4) is 0 Å².